The SMILES string of the molecule is COC[C@@H]1CC(F)(F)CN1C1CCN(C(=O)c2cc(C)nn2C)CC1. The van der Waals surface area contributed by atoms with E-state index < -0.39 is 5.92 Å². The number of alkyl halides is 2. The van der Waals surface area contributed by atoms with E-state index >= 15 is 0 Å². The predicted octanol–water partition coefficient (Wildman–Crippen LogP) is 1.69. The van der Waals surface area contributed by atoms with E-state index in [4.69, 9.17) is 4.74 Å². The van der Waals surface area contributed by atoms with E-state index in [0.717, 1.165) is 5.69 Å². The monoisotopic (exact) mass is 356 g/mol. The molecular weight excluding hydrogens is 330 g/mol. The van der Waals surface area contributed by atoms with Crippen LogP contribution in [0.1, 0.15) is 35.4 Å². The van der Waals surface area contributed by atoms with Gasteiger partial charge in [-0.05, 0) is 25.8 Å². The number of hydrogen-bond donors (Lipinski definition) is 0. The highest BCUT2D eigenvalue weighted by Crippen LogP contribution is 2.35. The maximum absolute atomic E-state index is 13.8. The third-order valence-electron chi connectivity index (χ3n) is 5.22. The molecule has 1 aromatic heterocycles. The second-order valence-corrected chi connectivity index (χ2v) is 7.16. The van der Waals surface area contributed by atoms with Crippen molar-refractivity contribution in [2.45, 2.75) is 44.2 Å². The standard InChI is InChI=1S/C17H26F2N4O2/c1-12-8-15(21(2)20-12)16(24)22-6-4-13(5-7-22)23-11-17(18,19)9-14(23)10-25-3/h8,13-14H,4-7,9-11H2,1-3H3/t14-/m0/s1. The minimum atomic E-state index is -2.65. The van der Waals surface area contributed by atoms with Crippen LogP contribution in [0.15, 0.2) is 6.07 Å². The van der Waals surface area contributed by atoms with Crippen molar-refractivity contribution in [1.29, 1.82) is 0 Å². The number of halogens is 2. The molecule has 1 amide bonds. The van der Waals surface area contributed by atoms with Crippen LogP contribution < -0.4 is 0 Å². The molecule has 1 aromatic rings. The Bertz CT molecular complexity index is 626. The summed E-state index contributed by atoms with van der Waals surface area (Å²) in [5, 5.41) is 4.22. The number of amides is 1. The molecule has 2 fully saturated rings. The number of ether oxygens (including phenoxy) is 1. The van der Waals surface area contributed by atoms with E-state index in [1.807, 2.05) is 11.8 Å². The highest BCUT2D eigenvalue weighted by molar-refractivity contribution is 5.92. The van der Waals surface area contributed by atoms with E-state index in [-0.39, 0.29) is 31.0 Å². The van der Waals surface area contributed by atoms with Crippen molar-refractivity contribution < 1.29 is 18.3 Å². The lowest BCUT2D eigenvalue weighted by Gasteiger charge is -2.39. The topological polar surface area (TPSA) is 50.6 Å². The van der Waals surface area contributed by atoms with Crippen LogP contribution in [0.3, 0.4) is 0 Å². The lowest BCUT2D eigenvalue weighted by molar-refractivity contribution is 0.00280. The Morgan fingerprint density at radius 3 is 2.64 bits per heavy atom. The van der Waals surface area contributed by atoms with Crippen molar-refractivity contribution in [3.05, 3.63) is 17.5 Å². The zero-order chi connectivity index (χ0) is 18.2. The molecule has 2 aliphatic rings. The first kappa shape index (κ1) is 18.3. The first-order chi connectivity index (χ1) is 11.8. The van der Waals surface area contributed by atoms with Gasteiger partial charge in [0.25, 0.3) is 11.8 Å². The van der Waals surface area contributed by atoms with E-state index in [0.29, 0.717) is 38.2 Å². The molecule has 2 saturated heterocycles. The number of rotatable bonds is 4. The number of hydrogen-bond acceptors (Lipinski definition) is 4. The minimum absolute atomic E-state index is 0.0401. The number of nitrogens with zero attached hydrogens (tertiary/aromatic N) is 4. The molecule has 0 radical (unpaired) electrons. The van der Waals surface area contributed by atoms with E-state index in [1.54, 1.807) is 29.8 Å². The summed E-state index contributed by atoms with van der Waals surface area (Å²) >= 11 is 0. The molecule has 2 aliphatic heterocycles. The van der Waals surface area contributed by atoms with Gasteiger partial charge in [-0.2, -0.15) is 5.10 Å². The molecular formula is C17H26F2N4O2. The number of methoxy groups -OCH3 is 1. The van der Waals surface area contributed by atoms with Gasteiger partial charge >= 0.3 is 0 Å². The van der Waals surface area contributed by atoms with Crippen molar-refractivity contribution in [1.82, 2.24) is 19.6 Å². The van der Waals surface area contributed by atoms with Gasteiger partial charge in [-0.15, -0.1) is 0 Å². The van der Waals surface area contributed by atoms with Crippen molar-refractivity contribution in [3.63, 3.8) is 0 Å². The molecule has 0 unspecified atom stereocenters. The summed E-state index contributed by atoms with van der Waals surface area (Å²) in [5.41, 5.74) is 1.38. The Morgan fingerprint density at radius 1 is 1.40 bits per heavy atom. The third kappa shape index (κ3) is 3.84. The molecule has 0 N–H and O–H groups in total. The maximum Gasteiger partial charge on any atom is 0.272 e. The zero-order valence-electron chi connectivity index (χ0n) is 15.0. The molecule has 0 saturated carbocycles. The predicted molar refractivity (Wildman–Crippen MR) is 88.8 cm³/mol. The number of likely N-dealkylation sites (tertiary alicyclic amines) is 2. The molecule has 8 heteroatoms. The zero-order valence-corrected chi connectivity index (χ0v) is 15.0. The van der Waals surface area contributed by atoms with Crippen LogP contribution in [0.4, 0.5) is 8.78 Å². The molecule has 25 heavy (non-hydrogen) atoms. The fourth-order valence-corrected chi connectivity index (χ4v) is 4.07. The normalized spacial score (nSPS) is 24.8. The number of carbonyl (C=O) groups excluding carboxylic acids is 1. The molecule has 3 rings (SSSR count). The van der Waals surface area contributed by atoms with Crippen LogP contribution >= 0.6 is 0 Å². The van der Waals surface area contributed by atoms with Gasteiger partial charge in [-0.25, -0.2) is 8.78 Å². The largest absolute Gasteiger partial charge is 0.383 e. The lowest BCUT2D eigenvalue weighted by Crippen LogP contribution is -2.49. The van der Waals surface area contributed by atoms with Crippen molar-refractivity contribution in [2.24, 2.45) is 7.05 Å². The Balaban J connectivity index is 1.61. The highest BCUT2D eigenvalue weighted by Gasteiger charge is 2.47. The third-order valence-corrected chi connectivity index (χ3v) is 5.22. The smallest absolute Gasteiger partial charge is 0.272 e. The van der Waals surface area contributed by atoms with Gasteiger partial charge in [0.1, 0.15) is 5.69 Å². The second-order valence-electron chi connectivity index (χ2n) is 7.16. The van der Waals surface area contributed by atoms with Crippen molar-refractivity contribution in [2.75, 3.05) is 33.4 Å². The molecule has 0 aliphatic carbocycles. The maximum atomic E-state index is 13.8. The van der Waals surface area contributed by atoms with Gasteiger partial charge in [-0.1, -0.05) is 0 Å². The van der Waals surface area contributed by atoms with Crippen LogP contribution in [0, 0.1) is 6.92 Å². The Hall–Kier alpha value is -1.54. The van der Waals surface area contributed by atoms with Gasteiger partial charge in [0.2, 0.25) is 0 Å². The van der Waals surface area contributed by atoms with Gasteiger partial charge < -0.3 is 9.64 Å². The van der Waals surface area contributed by atoms with Crippen LogP contribution in [0.5, 0.6) is 0 Å². The molecule has 1 atom stereocenters. The first-order valence-corrected chi connectivity index (χ1v) is 8.73. The van der Waals surface area contributed by atoms with Crippen LogP contribution in [0.25, 0.3) is 0 Å². The highest BCUT2D eigenvalue weighted by atomic mass is 19.3. The van der Waals surface area contributed by atoms with Gasteiger partial charge in [0.15, 0.2) is 0 Å². The number of piperidine rings is 1. The summed E-state index contributed by atoms with van der Waals surface area (Å²) < 4.78 is 34.4. The average molecular weight is 356 g/mol. The van der Waals surface area contributed by atoms with Crippen LogP contribution in [-0.4, -0.2) is 76.8 Å². The summed E-state index contributed by atoms with van der Waals surface area (Å²) in [5.74, 6) is -2.69. The molecule has 140 valence electrons. The fourth-order valence-electron chi connectivity index (χ4n) is 4.07. The van der Waals surface area contributed by atoms with Crippen molar-refractivity contribution >= 4 is 5.91 Å². The van der Waals surface area contributed by atoms with Gasteiger partial charge in [-0.3, -0.25) is 14.4 Å². The molecule has 0 spiro atoms. The summed E-state index contributed by atoms with van der Waals surface area (Å²) in [6.07, 6.45) is 1.27. The summed E-state index contributed by atoms with van der Waals surface area (Å²) in [7, 11) is 3.31. The lowest BCUT2D eigenvalue weighted by atomic mass is 10.0. The fraction of sp³-hybridized carbons (Fsp3) is 0.765. The molecule has 3 heterocycles. The van der Waals surface area contributed by atoms with Gasteiger partial charge in [0, 0.05) is 45.8 Å². The van der Waals surface area contributed by atoms with Crippen LogP contribution in [0.2, 0.25) is 0 Å². The number of aromatic nitrogens is 2. The van der Waals surface area contributed by atoms with E-state index in [9.17, 15) is 13.6 Å². The van der Waals surface area contributed by atoms with E-state index in [1.165, 1.54) is 0 Å². The Morgan fingerprint density at radius 2 is 2.08 bits per heavy atom. The first-order valence-electron chi connectivity index (χ1n) is 8.73. The average Bonchev–Trinajstić information content (AvgIpc) is 3.05. The summed E-state index contributed by atoms with van der Waals surface area (Å²) in [6.45, 7) is 3.13. The molecule has 0 aromatic carbocycles. The quantitative estimate of drug-likeness (QED) is 0.824. The molecule has 6 nitrogen and oxygen atoms in total. The van der Waals surface area contributed by atoms with Crippen LogP contribution in [-0.2, 0) is 11.8 Å². The second kappa shape index (κ2) is 6.99. The number of carbonyl (C=O) groups is 1. The summed E-state index contributed by atoms with van der Waals surface area (Å²) in [4.78, 5) is 16.3. The number of aryl methyl sites for hydroxylation is 2. The van der Waals surface area contributed by atoms with E-state index in [2.05, 4.69) is 5.10 Å². The molecule has 0 bridgehead atoms. The Kier molecular flexibility index (Phi) is 5.11. The summed E-state index contributed by atoms with van der Waals surface area (Å²) in [6, 6.07) is 1.61. The minimum Gasteiger partial charge on any atom is -0.383 e. The Labute approximate surface area is 146 Å². The van der Waals surface area contributed by atoms with Gasteiger partial charge in [0.05, 0.1) is 18.8 Å². The van der Waals surface area contributed by atoms with Crippen molar-refractivity contribution in [3.8, 4) is 0 Å².